The molecule has 32 nitrogen and oxygen atoms in total. The van der Waals surface area contributed by atoms with E-state index >= 15 is 0 Å². The van der Waals surface area contributed by atoms with Crippen molar-refractivity contribution >= 4 is 76.8 Å². The molecule has 0 aromatic heterocycles. The fraction of sp³-hybridized carbons (Fsp3) is 0.738. The number of amides is 13. The molecule has 0 fully saturated rings. The Bertz CT molecular complexity index is 3170. The number of nitrogens with one attached hydrogen (secondary N) is 13. The molecule has 15 atom stereocenters. The summed E-state index contributed by atoms with van der Waals surface area (Å²) in [5.74, 6) is -13.2. The molecule has 0 spiro atoms. The zero-order valence-electron chi connectivity index (χ0n) is 70.2. The molecule has 6 unspecified atom stereocenters. The zero-order valence-corrected chi connectivity index (χ0v) is 70.2. The van der Waals surface area contributed by atoms with E-state index in [2.05, 4.69) is 69.1 Å². The van der Waals surface area contributed by atoms with Crippen LogP contribution >= 0.6 is 0 Å². The maximum Gasteiger partial charge on any atom is 0.268 e. The van der Waals surface area contributed by atoms with E-state index in [1.807, 2.05) is 55.4 Å². The van der Waals surface area contributed by atoms with Crippen LogP contribution in [-0.2, 0) is 68.7 Å². The first-order chi connectivity index (χ1) is 52.6. The highest BCUT2D eigenvalue weighted by Gasteiger charge is 2.40. The van der Waals surface area contributed by atoms with E-state index in [0.29, 0.717) is 44.1 Å². The van der Waals surface area contributed by atoms with Crippen LogP contribution in [0, 0.1) is 53.3 Å². The van der Waals surface area contributed by atoms with Gasteiger partial charge >= 0.3 is 0 Å². The van der Waals surface area contributed by atoms with Crippen molar-refractivity contribution in [3.8, 4) is 5.75 Å². The molecule has 32 heteroatoms. The molecule has 0 aliphatic heterocycles. The van der Waals surface area contributed by atoms with E-state index in [-0.39, 0.29) is 113 Å². The van der Waals surface area contributed by atoms with Crippen LogP contribution < -0.4 is 86.3 Å². The van der Waals surface area contributed by atoms with Gasteiger partial charge in [-0.15, -0.1) is 0 Å². The predicted octanol–water partition coefficient (Wildman–Crippen LogP) is 1.98. The Kier molecular flexibility index (Phi) is 48.0. The number of aliphatic hydroxyl groups excluding tert-OH is 2. The second-order valence-electron chi connectivity index (χ2n) is 32.3. The van der Waals surface area contributed by atoms with Crippen LogP contribution in [-0.4, -0.2) is 197 Å². The molecule has 13 amide bonds. The summed E-state index contributed by atoms with van der Waals surface area (Å²) in [6.07, 6.45) is 2.98. The minimum atomic E-state index is -1.40. The summed E-state index contributed by atoms with van der Waals surface area (Å²) in [4.78, 5) is 186. The quantitative estimate of drug-likeness (QED) is 0.0327. The number of allylic oxidation sites excluding steroid dienone is 1. The van der Waals surface area contributed by atoms with Crippen LogP contribution in [0.15, 0.2) is 36.0 Å². The third kappa shape index (κ3) is 36.7. The molecular weight excluding hydrogens is 1440 g/mol. The van der Waals surface area contributed by atoms with E-state index in [1.54, 1.807) is 81.4 Å². The van der Waals surface area contributed by atoms with Crippen LogP contribution in [0.25, 0.3) is 0 Å². The number of benzene rings is 1. The smallest absolute Gasteiger partial charge is 0.268 e. The summed E-state index contributed by atoms with van der Waals surface area (Å²) >= 11 is 0. The van der Waals surface area contributed by atoms with Crippen molar-refractivity contribution in [2.45, 2.75) is 300 Å². The molecule has 0 bridgehead atoms. The lowest BCUT2D eigenvalue weighted by Crippen LogP contribution is -2.62. The van der Waals surface area contributed by atoms with Crippen molar-refractivity contribution in [3.63, 3.8) is 0 Å². The normalized spacial score (nSPS) is 15.8. The number of carbonyl (C=O) groups is 13. The number of carbonyl (C=O) groups excluding carboxylic acids is 13. The number of rotatable bonds is 54. The molecule has 1 rings (SSSR count). The summed E-state index contributed by atoms with van der Waals surface area (Å²) < 4.78 is 0. The van der Waals surface area contributed by atoms with E-state index in [9.17, 15) is 77.6 Å². The lowest BCUT2D eigenvalue weighted by atomic mass is 9.95. The van der Waals surface area contributed by atoms with Gasteiger partial charge in [0.15, 0.2) is 0 Å². The number of hydrogen-bond acceptors (Lipinski definition) is 19. The van der Waals surface area contributed by atoms with E-state index in [4.69, 9.17) is 17.2 Å². The molecule has 1 aromatic rings. The average Bonchev–Trinajstić information content (AvgIpc) is 0.846. The molecule has 1 aromatic carbocycles. The number of aliphatic hydroxyl groups is 2. The van der Waals surface area contributed by atoms with Gasteiger partial charge in [0, 0.05) is 6.42 Å². The average molecular weight is 1580 g/mol. The van der Waals surface area contributed by atoms with Crippen LogP contribution in [0.1, 0.15) is 221 Å². The van der Waals surface area contributed by atoms with Gasteiger partial charge in [0.2, 0.25) is 65.0 Å². The number of hydrogen-bond donors (Lipinski definition) is 19. The maximum atomic E-state index is 14.7. The Morgan fingerprint density at radius 2 is 0.696 bits per heavy atom. The van der Waals surface area contributed by atoms with Crippen LogP contribution in [0.2, 0.25) is 0 Å². The van der Waals surface area contributed by atoms with Gasteiger partial charge in [-0.2, -0.15) is 0 Å². The SMILES string of the molecule is CC=C(NC(=O)C(O)[C@H](C)CC)C(=O)N[C@@H](CC(C)C)C(=O)N[C@H](CCCN)C(=O)NC(C(=O)N[C@H](C(=O)N[C@H](C(=O)NC(CCCCN)C(=O)N[C@H](C(=O)NC(CC(C)C)C(=O)NC(CCCCN)C(=O)N[C@H](Cc1ccc(O)cc1)C(=O)NC(CC(C)C)C(=O)N[C@H](CO)C(C)C)C(C)C)C(C)C)C(C)C)[C@@H](C)CC. The van der Waals surface area contributed by atoms with E-state index < -0.39 is 185 Å². The van der Waals surface area contributed by atoms with Crippen molar-refractivity contribution in [2.24, 2.45) is 70.5 Å². The number of phenols is 1. The van der Waals surface area contributed by atoms with Gasteiger partial charge in [0.1, 0.15) is 84.0 Å². The molecule has 112 heavy (non-hydrogen) atoms. The van der Waals surface area contributed by atoms with Gasteiger partial charge in [-0.25, -0.2) is 0 Å². The standard InChI is InChI=1S/C80H142N16O16/c1-20-50(18)66(96-71(103)57(30-27-37-83)86-72(104)58(38-43(4)5)88-68(100)54(22-3)84-80(112)67(99)51(19)21-2)79(111)95-65(49(16)17)78(110)94-64(48(14)15)76(108)87-56(29-24-26-36-82)70(102)93-63(47(12)13)77(109)91-60(40-45(8)9)73(105)85-55(28-23-25-35-81)69(101)90-61(41-52-31-33-53(98)34-32-52)75(107)89-59(39-44(6)7)74(106)92-62(42-97)46(10)11/h22,31-34,43-51,55-67,97-99H,20-21,23-30,35-42,81-83H2,1-19H3,(H,84,112)(H,85,105)(H,86,104)(H,87,108)(H,88,100)(H,89,107)(H,90,101)(H,91,109)(H,92,106)(H,93,102)(H,94,110)(H,95,111)(H,96,103)/t50-,51+,55?,56?,57+,58-,59?,60?,61+,62+,63-,64-,65-,66?,67?/m0/s1. The number of unbranched alkanes of at least 4 members (excludes halogenated alkanes) is 2. The van der Waals surface area contributed by atoms with Gasteiger partial charge in [-0.1, -0.05) is 156 Å². The largest absolute Gasteiger partial charge is 0.508 e. The fourth-order valence-corrected chi connectivity index (χ4v) is 12.1. The third-order valence-corrected chi connectivity index (χ3v) is 19.6. The van der Waals surface area contributed by atoms with E-state index in [0.717, 1.165) is 0 Å². The predicted molar refractivity (Wildman–Crippen MR) is 431 cm³/mol. The Morgan fingerprint density at radius 3 is 1.08 bits per heavy atom. The van der Waals surface area contributed by atoms with Crippen molar-refractivity contribution in [3.05, 3.63) is 41.6 Å². The second kappa shape index (κ2) is 52.9. The van der Waals surface area contributed by atoms with Crippen LogP contribution in [0.3, 0.4) is 0 Å². The summed E-state index contributed by atoms with van der Waals surface area (Å²) in [6.45, 7) is 33.4. The number of phenolic OH excluding ortho intramolecular Hbond substituents is 1. The Balaban J connectivity index is 3.65. The maximum absolute atomic E-state index is 14.7. The van der Waals surface area contributed by atoms with Crippen molar-refractivity contribution in [2.75, 3.05) is 26.2 Å². The molecular formula is C80H142N16O16. The molecule has 0 aliphatic rings. The Hall–Kier alpha value is -8.33. The van der Waals surface area contributed by atoms with Gasteiger partial charge in [-0.3, -0.25) is 62.3 Å². The minimum Gasteiger partial charge on any atom is -0.508 e. The highest BCUT2D eigenvalue weighted by atomic mass is 16.3. The first-order valence-corrected chi connectivity index (χ1v) is 40.4. The first-order valence-electron chi connectivity index (χ1n) is 40.4. The van der Waals surface area contributed by atoms with E-state index in [1.165, 1.54) is 25.1 Å². The molecule has 0 heterocycles. The zero-order chi connectivity index (χ0) is 85.4. The summed E-state index contributed by atoms with van der Waals surface area (Å²) in [5, 5.41) is 66.4. The topological polar surface area (TPSA) is 517 Å². The highest BCUT2D eigenvalue weighted by Crippen LogP contribution is 2.19. The Morgan fingerprint density at radius 1 is 0.375 bits per heavy atom. The van der Waals surface area contributed by atoms with Crippen molar-refractivity contribution < 1.29 is 77.6 Å². The van der Waals surface area contributed by atoms with Gasteiger partial charge in [0.05, 0.1) is 12.6 Å². The minimum absolute atomic E-state index is 0.0213. The molecule has 0 saturated heterocycles. The van der Waals surface area contributed by atoms with Crippen molar-refractivity contribution in [1.29, 1.82) is 0 Å². The second-order valence-corrected chi connectivity index (χ2v) is 32.3. The van der Waals surface area contributed by atoms with Gasteiger partial charge < -0.3 is 102 Å². The summed E-state index contributed by atoms with van der Waals surface area (Å²) in [6, 6.07) is -8.64. The lowest BCUT2D eigenvalue weighted by molar-refractivity contribution is -0.137. The molecule has 638 valence electrons. The lowest BCUT2D eigenvalue weighted by Gasteiger charge is -2.31. The molecule has 0 radical (unpaired) electrons. The molecule has 0 aliphatic carbocycles. The monoisotopic (exact) mass is 1580 g/mol. The van der Waals surface area contributed by atoms with Crippen molar-refractivity contribution in [1.82, 2.24) is 69.1 Å². The van der Waals surface area contributed by atoms with Crippen LogP contribution in [0.5, 0.6) is 5.75 Å². The first kappa shape index (κ1) is 102. The summed E-state index contributed by atoms with van der Waals surface area (Å²) in [7, 11) is 0. The number of aromatic hydroxyl groups is 1. The molecule has 0 saturated carbocycles. The van der Waals surface area contributed by atoms with Gasteiger partial charge in [0.25, 0.3) is 11.8 Å². The third-order valence-electron chi connectivity index (χ3n) is 19.6. The fourth-order valence-electron chi connectivity index (χ4n) is 12.1. The van der Waals surface area contributed by atoms with Crippen LogP contribution in [0.4, 0.5) is 0 Å². The van der Waals surface area contributed by atoms with Gasteiger partial charge in [-0.05, 0) is 168 Å². The molecule has 22 N–H and O–H groups in total. The highest BCUT2D eigenvalue weighted by molar-refractivity contribution is 6.02. The number of nitrogens with two attached hydrogens (primary N) is 3. The Labute approximate surface area is 664 Å². The summed E-state index contributed by atoms with van der Waals surface area (Å²) in [5.41, 5.74) is 18.0.